The van der Waals surface area contributed by atoms with Gasteiger partial charge in [-0.05, 0) is 24.3 Å². The minimum Gasteiger partial charge on any atom is -1.00 e. The topological polar surface area (TPSA) is 173 Å². The molecule has 21 heteroatoms. The van der Waals surface area contributed by atoms with E-state index in [1.54, 1.807) is 12.1 Å². The van der Waals surface area contributed by atoms with E-state index in [-0.39, 0.29) is 64.3 Å². The minimum atomic E-state index is -2.92. The standard InChI is InChI=1S/2C16H15F2N3O4S.Na.H/c2*1-23-13-5-6-19-12(14(13)24-2)8-26(22)16-20-10-4-3-9(25-15(17)18)7-11(10)21-16;;/h2*3-7,15H,8H2,1-2H3,(H,20,21);;/q;;+1;-1. The van der Waals surface area contributed by atoms with Gasteiger partial charge >= 0.3 is 42.8 Å². The van der Waals surface area contributed by atoms with E-state index in [1.165, 1.54) is 77.2 Å². The van der Waals surface area contributed by atoms with E-state index in [4.69, 9.17) is 18.9 Å². The number of nitrogens with zero attached hydrogens (tertiary/aromatic N) is 4. The molecule has 0 saturated heterocycles. The SMILES string of the molecule is COc1ccnc(CS(=O)c2nc3ccc(OC(F)F)cc3[nH]2)c1OC.COc1ccnc(CS(=O)c2nc3ccc(OC(F)F)cc3[nH]2)c1OC.[H-].[Na+]. The van der Waals surface area contributed by atoms with Crippen molar-refractivity contribution in [2.45, 2.75) is 35.0 Å². The Morgan fingerprint density at radius 2 is 1.04 bits per heavy atom. The average Bonchev–Trinajstić information content (AvgIpc) is 3.75. The van der Waals surface area contributed by atoms with E-state index >= 15 is 0 Å². The van der Waals surface area contributed by atoms with Crippen LogP contribution in [0.5, 0.6) is 34.5 Å². The number of H-pyrrole nitrogens is 2. The number of alkyl halides is 4. The number of aromatic amines is 2. The van der Waals surface area contributed by atoms with E-state index in [2.05, 4.69) is 39.4 Å². The molecule has 0 aliphatic rings. The van der Waals surface area contributed by atoms with Gasteiger partial charge in [0.05, 0.1) is 95.0 Å². The number of rotatable bonds is 14. The zero-order chi connectivity index (χ0) is 37.4. The number of benzene rings is 2. The second kappa shape index (κ2) is 19.0. The molecule has 0 amide bonds. The van der Waals surface area contributed by atoms with Crippen molar-refractivity contribution >= 4 is 43.7 Å². The van der Waals surface area contributed by atoms with E-state index in [0.29, 0.717) is 56.5 Å². The summed E-state index contributed by atoms with van der Waals surface area (Å²) in [4.78, 5) is 22.5. The first-order valence-electron chi connectivity index (χ1n) is 14.8. The summed E-state index contributed by atoms with van der Waals surface area (Å²) < 4.78 is 104. The molecule has 0 bridgehead atoms. The quantitative estimate of drug-likeness (QED) is 0.122. The van der Waals surface area contributed by atoms with Gasteiger partial charge in [0, 0.05) is 36.7 Å². The van der Waals surface area contributed by atoms with Crippen molar-refractivity contribution in [3.63, 3.8) is 0 Å². The van der Waals surface area contributed by atoms with Crippen LogP contribution in [0.1, 0.15) is 12.8 Å². The summed E-state index contributed by atoms with van der Waals surface area (Å²) in [6, 6.07) is 11.8. The fourth-order valence-electron chi connectivity index (χ4n) is 4.79. The van der Waals surface area contributed by atoms with Gasteiger partial charge in [-0.3, -0.25) is 18.4 Å². The van der Waals surface area contributed by atoms with Gasteiger partial charge in [-0.25, -0.2) is 9.97 Å². The first-order chi connectivity index (χ1) is 25.0. The first kappa shape index (κ1) is 41.3. The Bertz CT molecular complexity index is 2060. The van der Waals surface area contributed by atoms with Crippen LogP contribution < -0.4 is 58.0 Å². The van der Waals surface area contributed by atoms with E-state index in [1.807, 2.05) is 0 Å². The van der Waals surface area contributed by atoms with Crippen molar-refractivity contribution in [2.75, 3.05) is 28.4 Å². The molecule has 0 radical (unpaired) electrons. The molecule has 0 fully saturated rings. The van der Waals surface area contributed by atoms with E-state index in [9.17, 15) is 26.0 Å². The van der Waals surface area contributed by atoms with Gasteiger partial charge in [0.2, 0.25) is 0 Å². The zero-order valence-electron chi connectivity index (χ0n) is 29.7. The smallest absolute Gasteiger partial charge is 1.00 e. The largest absolute Gasteiger partial charge is 1.00 e. The number of nitrogens with one attached hydrogen (secondary N) is 2. The molecule has 14 nitrogen and oxygen atoms in total. The van der Waals surface area contributed by atoms with E-state index in [0.717, 1.165) is 0 Å². The van der Waals surface area contributed by atoms with Crippen LogP contribution in [0.2, 0.25) is 0 Å². The van der Waals surface area contributed by atoms with E-state index < -0.39 is 34.8 Å². The van der Waals surface area contributed by atoms with Crippen molar-refractivity contribution < 1.29 is 85.4 Å². The Morgan fingerprint density at radius 1 is 0.642 bits per heavy atom. The molecule has 6 aromatic rings. The third kappa shape index (κ3) is 10.3. The molecule has 2 atom stereocenters. The molecule has 4 aromatic heterocycles. The maximum Gasteiger partial charge on any atom is 1.00 e. The summed E-state index contributed by atoms with van der Waals surface area (Å²) in [5, 5.41) is 0.390. The summed E-state index contributed by atoms with van der Waals surface area (Å²) in [6.45, 7) is -5.84. The molecular formula is C32H31F4N6NaO8S2. The average molecular weight is 791 g/mol. The maximum absolute atomic E-state index is 12.6. The summed E-state index contributed by atoms with van der Waals surface area (Å²) in [6.07, 6.45) is 3.06. The van der Waals surface area contributed by atoms with Crippen molar-refractivity contribution in [3.8, 4) is 34.5 Å². The molecule has 278 valence electrons. The third-order valence-corrected chi connectivity index (χ3v) is 9.33. The number of fused-ring (bicyclic) bond motifs is 2. The number of aromatic nitrogens is 6. The Balaban J connectivity index is 0.000000280. The van der Waals surface area contributed by atoms with Crippen LogP contribution in [0.15, 0.2) is 71.2 Å². The molecule has 2 unspecified atom stereocenters. The maximum atomic E-state index is 12.6. The van der Waals surface area contributed by atoms with Crippen LogP contribution >= 0.6 is 0 Å². The summed E-state index contributed by atoms with van der Waals surface area (Å²) >= 11 is 0. The van der Waals surface area contributed by atoms with Gasteiger partial charge < -0.3 is 39.8 Å². The minimum absolute atomic E-state index is 0. The Hall–Kier alpha value is -4.50. The number of hydrogen-bond donors (Lipinski definition) is 2. The first-order valence-corrected chi connectivity index (χ1v) is 17.4. The molecule has 0 spiro atoms. The van der Waals surface area contributed by atoms with Gasteiger partial charge in [0.25, 0.3) is 0 Å². The van der Waals surface area contributed by atoms with Gasteiger partial charge in [0.1, 0.15) is 11.5 Å². The number of ether oxygens (including phenoxy) is 6. The zero-order valence-corrected chi connectivity index (χ0v) is 32.4. The van der Waals surface area contributed by atoms with Crippen LogP contribution in [0.25, 0.3) is 22.1 Å². The van der Waals surface area contributed by atoms with Gasteiger partial charge in [0.15, 0.2) is 33.3 Å². The van der Waals surface area contributed by atoms with Crippen LogP contribution in [-0.4, -0.2) is 80.0 Å². The van der Waals surface area contributed by atoms with Crippen molar-refractivity contribution in [1.82, 2.24) is 29.9 Å². The Labute approximate surface area is 327 Å². The fourth-order valence-corrected chi connectivity index (χ4v) is 6.82. The Morgan fingerprint density at radius 3 is 1.38 bits per heavy atom. The summed E-state index contributed by atoms with van der Waals surface area (Å²) in [7, 11) is 2.81. The Kier molecular flexibility index (Phi) is 14.8. The normalized spacial score (nSPS) is 12.1. The van der Waals surface area contributed by atoms with Crippen molar-refractivity contribution in [3.05, 3.63) is 72.3 Å². The van der Waals surface area contributed by atoms with Crippen molar-refractivity contribution in [1.29, 1.82) is 0 Å². The predicted octanol–water partition coefficient (Wildman–Crippen LogP) is 2.89. The van der Waals surface area contributed by atoms with Crippen LogP contribution in [0.3, 0.4) is 0 Å². The van der Waals surface area contributed by atoms with Crippen LogP contribution in [0, 0.1) is 0 Å². The molecule has 0 aliphatic carbocycles. The van der Waals surface area contributed by atoms with Gasteiger partial charge in [-0.1, -0.05) is 0 Å². The molecule has 2 aromatic carbocycles. The fraction of sp³-hybridized carbons (Fsp3) is 0.250. The number of methoxy groups -OCH3 is 4. The molecule has 2 N–H and O–H groups in total. The second-order valence-electron chi connectivity index (χ2n) is 10.2. The molecule has 6 rings (SSSR count). The molecule has 0 aliphatic heterocycles. The molecule has 4 heterocycles. The van der Waals surface area contributed by atoms with Gasteiger partial charge in [-0.2, -0.15) is 17.6 Å². The number of pyridine rings is 2. The number of imidazole rings is 2. The molecule has 0 saturated carbocycles. The summed E-state index contributed by atoms with van der Waals surface area (Å²) in [5.41, 5.74) is 2.76. The van der Waals surface area contributed by atoms with Crippen LogP contribution in [-0.2, 0) is 33.1 Å². The van der Waals surface area contributed by atoms with Gasteiger partial charge in [-0.15, -0.1) is 0 Å². The predicted molar refractivity (Wildman–Crippen MR) is 181 cm³/mol. The third-order valence-electron chi connectivity index (χ3n) is 7.01. The van der Waals surface area contributed by atoms with Crippen molar-refractivity contribution in [2.24, 2.45) is 0 Å². The van der Waals surface area contributed by atoms with Crippen LogP contribution in [0.4, 0.5) is 17.6 Å². The molecular weight excluding hydrogens is 760 g/mol. The number of hydrogen-bond acceptors (Lipinski definition) is 12. The molecule has 53 heavy (non-hydrogen) atoms. The summed E-state index contributed by atoms with van der Waals surface area (Å²) in [5.74, 6) is 1.82. The number of halogens is 4. The monoisotopic (exact) mass is 790 g/mol. The second-order valence-corrected chi connectivity index (χ2v) is 12.9.